The number of nitrogens with zero attached hydrogens (tertiary/aromatic N) is 1. The maximum absolute atomic E-state index is 13.1. The van der Waals surface area contributed by atoms with Crippen molar-refractivity contribution in [3.8, 4) is 5.75 Å². The first-order valence-corrected chi connectivity index (χ1v) is 12.1. The molecule has 2 aromatic carbocycles. The average molecular weight is 523 g/mol. The molecule has 198 valence electrons. The Morgan fingerprint density at radius 1 is 1.13 bits per heavy atom. The molecule has 0 bridgehead atoms. The first-order valence-electron chi connectivity index (χ1n) is 12.1. The molecule has 38 heavy (non-hydrogen) atoms. The third-order valence-electron chi connectivity index (χ3n) is 6.42. The second-order valence-electron chi connectivity index (χ2n) is 9.09. The van der Waals surface area contributed by atoms with E-state index in [-0.39, 0.29) is 42.0 Å². The van der Waals surface area contributed by atoms with Gasteiger partial charge in [0.15, 0.2) is 6.61 Å². The number of imide groups is 2. The van der Waals surface area contributed by atoms with E-state index >= 15 is 0 Å². The monoisotopic (exact) mass is 522 g/mol. The summed E-state index contributed by atoms with van der Waals surface area (Å²) in [6.07, 6.45) is 0.0466. The Kier molecular flexibility index (Phi) is 7.18. The number of anilines is 1. The van der Waals surface area contributed by atoms with Crippen molar-refractivity contribution in [3.63, 3.8) is 0 Å². The van der Waals surface area contributed by atoms with Crippen molar-refractivity contribution in [1.82, 2.24) is 15.5 Å². The Labute approximate surface area is 217 Å². The van der Waals surface area contributed by atoms with Crippen LogP contribution in [0.3, 0.4) is 0 Å². The van der Waals surface area contributed by atoms with Crippen LogP contribution in [-0.4, -0.2) is 73.1 Å². The van der Waals surface area contributed by atoms with E-state index in [1.807, 2.05) is 18.2 Å². The lowest BCUT2D eigenvalue weighted by Crippen LogP contribution is -2.54. The van der Waals surface area contributed by atoms with E-state index in [1.165, 1.54) is 18.2 Å². The summed E-state index contributed by atoms with van der Waals surface area (Å²) in [5.74, 6) is -2.91. The van der Waals surface area contributed by atoms with Gasteiger partial charge in [-0.05, 0) is 36.2 Å². The molecule has 3 N–H and O–H groups in total. The molecule has 0 radical (unpaired) electrons. The fourth-order valence-electron chi connectivity index (χ4n) is 4.54. The van der Waals surface area contributed by atoms with E-state index in [1.54, 1.807) is 13.2 Å². The molecule has 3 aliphatic rings. The number of benzene rings is 2. The molecule has 3 unspecified atom stereocenters. The second-order valence-corrected chi connectivity index (χ2v) is 9.09. The van der Waals surface area contributed by atoms with Gasteiger partial charge in [0.05, 0.1) is 17.7 Å². The van der Waals surface area contributed by atoms with Crippen LogP contribution in [0.15, 0.2) is 42.5 Å². The Bertz CT molecular complexity index is 1310. The number of amides is 5. The van der Waals surface area contributed by atoms with Crippen molar-refractivity contribution in [1.29, 1.82) is 0 Å². The van der Waals surface area contributed by atoms with Crippen molar-refractivity contribution in [2.45, 2.75) is 37.8 Å². The average Bonchev–Trinajstić information content (AvgIpc) is 3.59. The van der Waals surface area contributed by atoms with E-state index in [2.05, 4.69) is 16.0 Å². The molecular formula is C26H26N4O8. The predicted octanol–water partition coefficient (Wildman–Crippen LogP) is 0.566. The van der Waals surface area contributed by atoms with Gasteiger partial charge in [-0.1, -0.05) is 18.2 Å². The van der Waals surface area contributed by atoms with E-state index in [9.17, 15) is 24.0 Å². The van der Waals surface area contributed by atoms with Gasteiger partial charge >= 0.3 is 0 Å². The Hall–Kier alpha value is -4.13. The van der Waals surface area contributed by atoms with Crippen molar-refractivity contribution in [2.24, 2.45) is 0 Å². The number of fused-ring (bicyclic) bond motifs is 1. The van der Waals surface area contributed by atoms with E-state index in [4.69, 9.17) is 14.2 Å². The molecular weight excluding hydrogens is 496 g/mol. The Balaban J connectivity index is 1.19. The molecule has 12 heteroatoms. The minimum Gasteiger partial charge on any atom is -0.483 e. The van der Waals surface area contributed by atoms with Crippen molar-refractivity contribution in [3.05, 3.63) is 59.2 Å². The summed E-state index contributed by atoms with van der Waals surface area (Å²) in [6, 6.07) is 10.7. The lowest BCUT2D eigenvalue weighted by atomic mass is 10.0. The van der Waals surface area contributed by atoms with Gasteiger partial charge in [0.1, 0.15) is 24.1 Å². The van der Waals surface area contributed by atoms with Crippen molar-refractivity contribution < 1.29 is 38.2 Å². The smallest absolute Gasteiger partial charge is 0.266 e. The van der Waals surface area contributed by atoms with Crippen LogP contribution < -0.4 is 20.7 Å². The number of carbonyl (C=O) groups excluding carboxylic acids is 5. The van der Waals surface area contributed by atoms with Crippen LogP contribution in [-0.2, 0) is 30.4 Å². The molecule has 5 amide bonds. The number of carbonyl (C=O) groups is 5. The van der Waals surface area contributed by atoms with Gasteiger partial charge in [-0.15, -0.1) is 0 Å². The zero-order valence-electron chi connectivity index (χ0n) is 20.5. The normalized spacial score (nSPS) is 22.2. The van der Waals surface area contributed by atoms with Crippen LogP contribution in [0.25, 0.3) is 0 Å². The van der Waals surface area contributed by atoms with E-state index < -0.39 is 42.2 Å². The topological polar surface area (TPSA) is 156 Å². The summed E-state index contributed by atoms with van der Waals surface area (Å²) in [6.45, 7) is 0.654. The highest BCUT2D eigenvalue weighted by Gasteiger charge is 2.46. The Morgan fingerprint density at radius 2 is 1.95 bits per heavy atom. The molecule has 12 nitrogen and oxygen atoms in total. The summed E-state index contributed by atoms with van der Waals surface area (Å²) >= 11 is 0. The molecule has 3 atom stereocenters. The number of ether oxygens (including phenoxy) is 3. The quantitative estimate of drug-likeness (QED) is 0.300. The maximum Gasteiger partial charge on any atom is 0.266 e. The molecule has 0 aliphatic carbocycles. The molecule has 0 aromatic heterocycles. The van der Waals surface area contributed by atoms with Gasteiger partial charge in [-0.25, -0.2) is 0 Å². The zero-order chi connectivity index (χ0) is 26.8. The first kappa shape index (κ1) is 25.5. The van der Waals surface area contributed by atoms with Crippen LogP contribution in [0.5, 0.6) is 5.75 Å². The molecule has 3 heterocycles. The molecule has 0 saturated carbocycles. The second kappa shape index (κ2) is 10.7. The third kappa shape index (κ3) is 5.28. The van der Waals surface area contributed by atoms with Crippen molar-refractivity contribution >= 4 is 35.2 Å². The van der Waals surface area contributed by atoms with Crippen LogP contribution in [0.1, 0.15) is 39.1 Å². The van der Waals surface area contributed by atoms with Gasteiger partial charge in [0.2, 0.25) is 11.8 Å². The Morgan fingerprint density at radius 3 is 2.74 bits per heavy atom. The number of methoxy groups -OCH3 is 1. The maximum atomic E-state index is 13.1. The molecule has 0 spiro atoms. The molecule has 5 rings (SSSR count). The summed E-state index contributed by atoms with van der Waals surface area (Å²) in [4.78, 5) is 63.3. The third-order valence-corrected chi connectivity index (χ3v) is 6.42. The number of rotatable bonds is 10. The predicted molar refractivity (Wildman–Crippen MR) is 131 cm³/mol. The van der Waals surface area contributed by atoms with E-state index in [0.29, 0.717) is 18.8 Å². The van der Waals surface area contributed by atoms with E-state index in [0.717, 1.165) is 10.5 Å². The fraction of sp³-hybridized carbons (Fsp3) is 0.346. The molecule has 2 saturated heterocycles. The summed E-state index contributed by atoms with van der Waals surface area (Å²) in [7, 11) is 1.62. The lowest BCUT2D eigenvalue weighted by molar-refractivity contribution is -0.136. The highest BCUT2D eigenvalue weighted by atomic mass is 16.6. The minimum atomic E-state index is -1.09. The SMILES string of the molecule is COCC1OC1NCc1cccc(NC(=O)COc2cccc3c2C(=O)N(C2CCC(=O)NC2=O)C3=O)c1. The molecule has 2 fully saturated rings. The lowest BCUT2D eigenvalue weighted by Gasteiger charge is -2.27. The van der Waals surface area contributed by atoms with Crippen LogP contribution in [0, 0.1) is 0 Å². The molecule has 3 aliphatic heterocycles. The first-order chi connectivity index (χ1) is 18.4. The highest BCUT2D eigenvalue weighted by Crippen LogP contribution is 2.33. The number of nitrogens with one attached hydrogen (secondary N) is 3. The van der Waals surface area contributed by atoms with Crippen molar-refractivity contribution in [2.75, 3.05) is 25.6 Å². The number of epoxide rings is 1. The highest BCUT2D eigenvalue weighted by molar-refractivity contribution is 6.24. The van der Waals surface area contributed by atoms with Crippen LogP contribution >= 0.6 is 0 Å². The fourth-order valence-corrected chi connectivity index (χ4v) is 4.54. The minimum absolute atomic E-state index is 0.0165. The van der Waals surface area contributed by atoms with Crippen LogP contribution in [0.2, 0.25) is 0 Å². The van der Waals surface area contributed by atoms with Gasteiger partial charge in [0.25, 0.3) is 17.7 Å². The van der Waals surface area contributed by atoms with Gasteiger partial charge in [-0.3, -0.25) is 39.5 Å². The standard InChI is InChI=1S/C26H26N4O8/c1-36-12-19-24(38-19)27-11-14-4-2-5-15(10-14)28-21(32)13-37-18-7-3-6-16-22(18)26(35)30(25(16)34)17-8-9-20(31)29-23(17)33/h2-7,10,17,19,24,27H,8-9,11-13H2,1H3,(H,28,32)(H,29,31,33). The zero-order valence-corrected chi connectivity index (χ0v) is 20.5. The van der Waals surface area contributed by atoms with Crippen LogP contribution in [0.4, 0.5) is 5.69 Å². The van der Waals surface area contributed by atoms with Gasteiger partial charge in [0, 0.05) is 25.8 Å². The summed E-state index contributed by atoms with van der Waals surface area (Å²) in [5, 5.41) is 8.16. The van der Waals surface area contributed by atoms with Gasteiger partial charge < -0.3 is 19.5 Å². The number of hydrogen-bond acceptors (Lipinski definition) is 9. The summed E-state index contributed by atoms with van der Waals surface area (Å²) in [5.41, 5.74) is 1.56. The largest absolute Gasteiger partial charge is 0.483 e. The number of hydrogen-bond donors (Lipinski definition) is 3. The molecule has 2 aromatic rings. The van der Waals surface area contributed by atoms with Gasteiger partial charge in [-0.2, -0.15) is 0 Å². The number of piperidine rings is 1. The summed E-state index contributed by atoms with van der Waals surface area (Å²) < 4.78 is 16.1.